The van der Waals surface area contributed by atoms with Crippen LogP contribution >= 0.6 is 0 Å². The zero-order valence-corrected chi connectivity index (χ0v) is 9.13. The zero-order chi connectivity index (χ0) is 11.1. The summed E-state index contributed by atoms with van der Waals surface area (Å²) in [4.78, 5) is 0. The van der Waals surface area contributed by atoms with Crippen LogP contribution < -0.4 is 10.5 Å². The molecule has 0 amide bonds. The SMILES string of the molecule is CCCCCCOc1ccc(F)cc1N. The fraction of sp³-hybridized carbons (Fsp3) is 0.500. The van der Waals surface area contributed by atoms with E-state index >= 15 is 0 Å². The largest absolute Gasteiger partial charge is 0.491 e. The van der Waals surface area contributed by atoms with Gasteiger partial charge in [0.05, 0.1) is 12.3 Å². The Morgan fingerprint density at radius 2 is 2.07 bits per heavy atom. The molecule has 0 fully saturated rings. The number of unbranched alkanes of at least 4 members (excludes halogenated alkanes) is 3. The van der Waals surface area contributed by atoms with Crippen LogP contribution in [0.25, 0.3) is 0 Å². The minimum Gasteiger partial charge on any atom is -0.491 e. The lowest BCUT2D eigenvalue weighted by Crippen LogP contribution is -2.00. The molecule has 2 nitrogen and oxygen atoms in total. The van der Waals surface area contributed by atoms with Crippen molar-refractivity contribution in [1.82, 2.24) is 0 Å². The van der Waals surface area contributed by atoms with Crippen LogP contribution in [0.3, 0.4) is 0 Å². The Balaban J connectivity index is 2.31. The zero-order valence-electron chi connectivity index (χ0n) is 9.13. The first-order valence-corrected chi connectivity index (χ1v) is 5.42. The fourth-order valence-electron chi connectivity index (χ4n) is 1.36. The van der Waals surface area contributed by atoms with E-state index in [2.05, 4.69) is 6.92 Å². The third-order valence-corrected chi connectivity index (χ3v) is 2.23. The first kappa shape index (κ1) is 11.8. The summed E-state index contributed by atoms with van der Waals surface area (Å²) in [5, 5.41) is 0. The van der Waals surface area contributed by atoms with E-state index in [1.807, 2.05) is 0 Å². The number of hydrogen-bond donors (Lipinski definition) is 1. The van der Waals surface area contributed by atoms with E-state index in [1.165, 1.54) is 25.0 Å². The molecular weight excluding hydrogens is 193 g/mol. The highest BCUT2D eigenvalue weighted by atomic mass is 19.1. The number of benzene rings is 1. The summed E-state index contributed by atoms with van der Waals surface area (Å²) < 4.78 is 18.1. The Hall–Kier alpha value is -1.25. The molecule has 0 aliphatic carbocycles. The molecule has 0 radical (unpaired) electrons. The van der Waals surface area contributed by atoms with Gasteiger partial charge < -0.3 is 10.5 Å². The van der Waals surface area contributed by atoms with Gasteiger partial charge in [-0.3, -0.25) is 0 Å². The van der Waals surface area contributed by atoms with E-state index < -0.39 is 0 Å². The Kier molecular flexibility index (Phi) is 4.95. The second-order valence-corrected chi connectivity index (χ2v) is 3.59. The van der Waals surface area contributed by atoms with E-state index in [0.29, 0.717) is 18.0 Å². The van der Waals surface area contributed by atoms with Gasteiger partial charge in [0.25, 0.3) is 0 Å². The normalized spacial score (nSPS) is 10.3. The fourth-order valence-corrected chi connectivity index (χ4v) is 1.36. The lowest BCUT2D eigenvalue weighted by molar-refractivity contribution is 0.306. The van der Waals surface area contributed by atoms with Crippen LogP contribution in [0.1, 0.15) is 32.6 Å². The van der Waals surface area contributed by atoms with E-state index in [4.69, 9.17) is 10.5 Å². The van der Waals surface area contributed by atoms with Crippen LogP contribution in [-0.2, 0) is 0 Å². The maximum atomic E-state index is 12.7. The van der Waals surface area contributed by atoms with E-state index in [9.17, 15) is 4.39 Å². The average Bonchev–Trinajstić information content (AvgIpc) is 2.20. The predicted molar refractivity (Wildman–Crippen MR) is 60.4 cm³/mol. The Bertz CT molecular complexity index is 302. The molecular formula is C12H18FNO. The maximum absolute atomic E-state index is 12.7. The van der Waals surface area contributed by atoms with E-state index in [-0.39, 0.29) is 5.82 Å². The molecule has 0 bridgehead atoms. The van der Waals surface area contributed by atoms with Crippen molar-refractivity contribution >= 4 is 5.69 Å². The number of nitrogens with two attached hydrogens (primary N) is 1. The van der Waals surface area contributed by atoms with Gasteiger partial charge in [-0.15, -0.1) is 0 Å². The predicted octanol–water partition coefficient (Wildman–Crippen LogP) is 3.37. The molecule has 1 aromatic carbocycles. The molecule has 1 rings (SSSR count). The van der Waals surface area contributed by atoms with Gasteiger partial charge in [-0.05, 0) is 18.6 Å². The second kappa shape index (κ2) is 6.27. The van der Waals surface area contributed by atoms with Crippen molar-refractivity contribution in [2.45, 2.75) is 32.6 Å². The van der Waals surface area contributed by atoms with Gasteiger partial charge in [0.15, 0.2) is 0 Å². The Morgan fingerprint density at radius 3 is 2.73 bits per heavy atom. The van der Waals surface area contributed by atoms with Gasteiger partial charge in [-0.25, -0.2) is 4.39 Å². The molecule has 0 aliphatic rings. The summed E-state index contributed by atoms with van der Waals surface area (Å²) in [5.74, 6) is 0.249. The second-order valence-electron chi connectivity index (χ2n) is 3.59. The number of halogens is 1. The molecule has 0 spiro atoms. The van der Waals surface area contributed by atoms with Gasteiger partial charge >= 0.3 is 0 Å². The van der Waals surface area contributed by atoms with Crippen LogP contribution in [0, 0.1) is 5.82 Å². The summed E-state index contributed by atoms with van der Waals surface area (Å²) in [6.07, 6.45) is 4.61. The third-order valence-electron chi connectivity index (χ3n) is 2.23. The minimum absolute atomic E-state index is 0.328. The Morgan fingerprint density at radius 1 is 1.27 bits per heavy atom. The average molecular weight is 211 g/mol. The smallest absolute Gasteiger partial charge is 0.142 e. The first-order chi connectivity index (χ1) is 7.24. The van der Waals surface area contributed by atoms with Gasteiger partial charge in [-0.1, -0.05) is 26.2 Å². The highest BCUT2D eigenvalue weighted by Crippen LogP contribution is 2.21. The van der Waals surface area contributed by atoms with E-state index in [0.717, 1.165) is 12.8 Å². The third kappa shape index (κ3) is 4.19. The molecule has 0 aliphatic heterocycles. The summed E-state index contributed by atoms with van der Waals surface area (Å²) in [6.45, 7) is 2.81. The van der Waals surface area contributed by atoms with Crippen LogP contribution in [0.4, 0.5) is 10.1 Å². The molecule has 15 heavy (non-hydrogen) atoms. The molecule has 0 heterocycles. The summed E-state index contributed by atoms with van der Waals surface area (Å²) in [6, 6.07) is 4.21. The lowest BCUT2D eigenvalue weighted by atomic mass is 10.2. The van der Waals surface area contributed by atoms with Crippen LogP contribution in [0.15, 0.2) is 18.2 Å². The number of rotatable bonds is 6. The molecule has 0 saturated heterocycles. The van der Waals surface area contributed by atoms with Gasteiger partial charge in [0, 0.05) is 6.07 Å². The number of nitrogen functional groups attached to an aromatic ring is 1. The molecule has 84 valence electrons. The maximum Gasteiger partial charge on any atom is 0.142 e. The van der Waals surface area contributed by atoms with Crippen LogP contribution in [-0.4, -0.2) is 6.61 Å². The van der Waals surface area contributed by atoms with Gasteiger partial charge in [0.2, 0.25) is 0 Å². The topological polar surface area (TPSA) is 35.2 Å². The molecule has 0 atom stereocenters. The lowest BCUT2D eigenvalue weighted by Gasteiger charge is -2.08. The van der Waals surface area contributed by atoms with Crippen molar-refractivity contribution < 1.29 is 9.13 Å². The molecule has 0 aromatic heterocycles. The number of anilines is 1. The van der Waals surface area contributed by atoms with Crippen molar-refractivity contribution in [1.29, 1.82) is 0 Å². The molecule has 0 unspecified atom stereocenters. The first-order valence-electron chi connectivity index (χ1n) is 5.42. The summed E-state index contributed by atoms with van der Waals surface area (Å²) in [5.41, 5.74) is 5.96. The standard InChI is InChI=1S/C12H18FNO/c1-2-3-4-5-8-15-12-7-6-10(13)9-11(12)14/h6-7,9H,2-5,8,14H2,1H3. The van der Waals surface area contributed by atoms with Crippen molar-refractivity contribution in [3.05, 3.63) is 24.0 Å². The molecule has 0 saturated carbocycles. The van der Waals surface area contributed by atoms with Gasteiger partial charge in [-0.2, -0.15) is 0 Å². The molecule has 1 aromatic rings. The Labute approximate surface area is 90.2 Å². The van der Waals surface area contributed by atoms with E-state index in [1.54, 1.807) is 6.07 Å². The molecule has 3 heteroatoms. The highest BCUT2D eigenvalue weighted by molar-refractivity contribution is 5.52. The molecule has 2 N–H and O–H groups in total. The van der Waals surface area contributed by atoms with Crippen LogP contribution in [0.5, 0.6) is 5.75 Å². The number of hydrogen-bond acceptors (Lipinski definition) is 2. The quantitative estimate of drug-likeness (QED) is 0.578. The van der Waals surface area contributed by atoms with Crippen LogP contribution in [0.2, 0.25) is 0 Å². The highest BCUT2D eigenvalue weighted by Gasteiger charge is 2.01. The summed E-state index contributed by atoms with van der Waals surface area (Å²) >= 11 is 0. The van der Waals surface area contributed by atoms with Crippen molar-refractivity contribution in [3.63, 3.8) is 0 Å². The van der Waals surface area contributed by atoms with Crippen molar-refractivity contribution in [3.8, 4) is 5.75 Å². The van der Waals surface area contributed by atoms with Crippen molar-refractivity contribution in [2.24, 2.45) is 0 Å². The minimum atomic E-state index is -0.328. The summed E-state index contributed by atoms with van der Waals surface area (Å²) in [7, 11) is 0. The number of ether oxygens (including phenoxy) is 1. The van der Waals surface area contributed by atoms with Gasteiger partial charge in [0.1, 0.15) is 11.6 Å². The van der Waals surface area contributed by atoms with Crippen molar-refractivity contribution in [2.75, 3.05) is 12.3 Å². The monoisotopic (exact) mass is 211 g/mol.